The molecule has 0 saturated heterocycles. The van der Waals surface area contributed by atoms with Gasteiger partial charge in [-0.3, -0.25) is 0 Å². The van der Waals surface area contributed by atoms with Crippen molar-refractivity contribution in [1.82, 2.24) is 0 Å². The fourth-order valence-corrected chi connectivity index (χ4v) is 2.90. The average Bonchev–Trinajstić information content (AvgIpc) is 2.47. The third-order valence-corrected chi connectivity index (χ3v) is 3.94. The summed E-state index contributed by atoms with van der Waals surface area (Å²) in [6.45, 7) is 0. The molecule has 0 fully saturated rings. The maximum absolute atomic E-state index is 2.37. The van der Waals surface area contributed by atoms with E-state index < -0.39 is 0 Å². The zero-order valence-corrected chi connectivity index (χ0v) is 8.16. The smallest absolute Gasteiger partial charge is 0.155 e. The highest BCUT2D eigenvalue weighted by atomic mass is 24.5. The Bertz CT molecular complexity index is 289. The predicted octanol–water partition coefficient (Wildman–Crippen LogP) is 2.51. The number of fused-ring (bicyclic) bond motifs is 1. The molecule has 1 unspecified atom stereocenters. The molecular weight excluding hydrogens is 144 g/mol. The third-order valence-electron chi connectivity index (χ3n) is 2.34. The van der Waals surface area contributed by atoms with Crippen LogP contribution in [0.25, 0.3) is 6.08 Å². The van der Waals surface area contributed by atoms with Gasteiger partial charge in [-0.2, -0.15) is 5.05 Å². The van der Waals surface area contributed by atoms with E-state index >= 15 is 0 Å². The first kappa shape index (κ1) is 7.38. The van der Waals surface area contributed by atoms with E-state index in [-0.39, 0.29) is 20.4 Å². The number of hydrogen-bond acceptors (Lipinski definition) is 0. The van der Waals surface area contributed by atoms with Gasteiger partial charge in [0.15, 0.2) is 0 Å². The Hall–Kier alpha value is -0.274. The molecule has 0 aromatic heterocycles. The first-order chi connectivity index (χ1) is 5.42. The van der Waals surface area contributed by atoms with Crippen molar-refractivity contribution in [3.63, 3.8) is 0 Å². The molecular formula is C10H10Mg. The standard InChI is InChI=1S/C9H7.CH3.Mg/c1-2-5-9-7-3-6-8(9)4-1;;/h1-7H;1H3;. The van der Waals surface area contributed by atoms with Crippen molar-refractivity contribution in [2.75, 3.05) is 0 Å². The summed E-state index contributed by atoms with van der Waals surface area (Å²) in [6.07, 6.45) is 4.62. The zero-order valence-electron chi connectivity index (χ0n) is 6.75. The summed E-state index contributed by atoms with van der Waals surface area (Å²) in [5.74, 6) is 0. The highest BCUT2D eigenvalue weighted by Gasteiger charge is 2.14. The molecule has 0 spiro atoms. The molecule has 1 aromatic rings. The van der Waals surface area contributed by atoms with Gasteiger partial charge in [-0.15, -0.1) is 6.08 Å². The molecule has 11 heavy (non-hydrogen) atoms. The van der Waals surface area contributed by atoms with E-state index in [1.807, 2.05) is 0 Å². The van der Waals surface area contributed by atoms with Crippen LogP contribution in [0.3, 0.4) is 0 Å². The van der Waals surface area contributed by atoms with E-state index in [9.17, 15) is 0 Å². The Morgan fingerprint density at radius 1 is 1.27 bits per heavy atom. The maximum atomic E-state index is 2.37. The van der Waals surface area contributed by atoms with Crippen LogP contribution in [0.4, 0.5) is 0 Å². The van der Waals surface area contributed by atoms with Gasteiger partial charge in [-0.1, -0.05) is 40.0 Å². The fraction of sp³-hybridized carbons (Fsp3) is 0.200. The van der Waals surface area contributed by atoms with Crippen molar-refractivity contribution in [2.24, 2.45) is 0 Å². The summed E-state index contributed by atoms with van der Waals surface area (Å²) >= 11 is 0.0950. The van der Waals surface area contributed by atoms with Gasteiger partial charge in [-0.05, 0) is 5.56 Å². The molecule has 0 nitrogen and oxygen atoms in total. The topological polar surface area (TPSA) is 0 Å². The Balaban J connectivity index is 2.46. The molecule has 0 bridgehead atoms. The van der Waals surface area contributed by atoms with Crippen LogP contribution in [-0.4, -0.2) is 20.4 Å². The van der Waals surface area contributed by atoms with Crippen molar-refractivity contribution in [3.8, 4) is 0 Å². The molecule has 1 heteroatoms. The fourth-order valence-electron chi connectivity index (χ4n) is 1.68. The Kier molecular flexibility index (Phi) is 2.01. The predicted molar refractivity (Wildman–Crippen MR) is 49.8 cm³/mol. The molecule has 1 aromatic carbocycles. The summed E-state index contributed by atoms with van der Waals surface area (Å²) < 4.78 is 0.811. The van der Waals surface area contributed by atoms with Gasteiger partial charge < -0.3 is 0 Å². The molecule has 0 aliphatic heterocycles. The minimum atomic E-state index is 0.0950. The van der Waals surface area contributed by atoms with Gasteiger partial charge in [0, 0.05) is 0 Å². The SMILES string of the molecule is [CH3][Mg][CH]1C=Cc2ccccc21. The lowest BCUT2D eigenvalue weighted by Crippen LogP contribution is -1.98. The largest absolute Gasteiger partial charge is 0.377 e. The summed E-state index contributed by atoms with van der Waals surface area (Å²) in [7, 11) is 0. The molecule has 52 valence electrons. The van der Waals surface area contributed by atoms with E-state index in [4.69, 9.17) is 0 Å². The van der Waals surface area contributed by atoms with E-state index in [0.29, 0.717) is 0 Å². The van der Waals surface area contributed by atoms with Gasteiger partial charge in [-0.25, -0.2) is 0 Å². The van der Waals surface area contributed by atoms with E-state index in [1.54, 1.807) is 5.56 Å². The Morgan fingerprint density at radius 3 is 2.91 bits per heavy atom. The number of benzene rings is 1. The summed E-state index contributed by atoms with van der Waals surface area (Å²) in [6, 6.07) is 8.72. The monoisotopic (exact) mass is 154 g/mol. The van der Waals surface area contributed by atoms with Crippen molar-refractivity contribution >= 4 is 26.4 Å². The lowest BCUT2D eigenvalue weighted by Gasteiger charge is -2.05. The lowest BCUT2D eigenvalue weighted by molar-refractivity contribution is 1.23. The van der Waals surface area contributed by atoms with Gasteiger partial charge in [0.2, 0.25) is 0 Å². The second kappa shape index (κ2) is 2.99. The highest BCUT2D eigenvalue weighted by Crippen LogP contribution is 2.28. The summed E-state index contributed by atoms with van der Waals surface area (Å²) in [4.78, 5) is 0. The van der Waals surface area contributed by atoms with E-state index in [1.165, 1.54) is 5.56 Å². The van der Waals surface area contributed by atoms with Gasteiger partial charge in [0.25, 0.3) is 0 Å². The zero-order chi connectivity index (χ0) is 7.68. The molecule has 1 aliphatic carbocycles. The molecule has 0 radical (unpaired) electrons. The molecule has 0 amide bonds. The summed E-state index contributed by atoms with van der Waals surface area (Å²) in [5, 5.41) is 2.37. The van der Waals surface area contributed by atoms with Crippen LogP contribution in [0.2, 0.25) is 5.05 Å². The quantitative estimate of drug-likeness (QED) is 0.545. The minimum absolute atomic E-state index is 0.0950. The van der Waals surface area contributed by atoms with E-state index in [0.717, 1.165) is 4.05 Å². The van der Waals surface area contributed by atoms with Crippen molar-refractivity contribution in [1.29, 1.82) is 0 Å². The molecule has 1 aliphatic rings. The number of rotatable bonds is 1. The number of allylic oxidation sites excluding steroid dienone is 1. The first-order valence-corrected chi connectivity index (χ1v) is 6.42. The van der Waals surface area contributed by atoms with Crippen molar-refractivity contribution in [3.05, 3.63) is 41.5 Å². The third kappa shape index (κ3) is 1.23. The molecule has 0 heterocycles. The normalized spacial score (nSPS) is 19.5. The molecule has 0 saturated carbocycles. The molecule has 1 atom stereocenters. The van der Waals surface area contributed by atoms with Gasteiger partial charge in [0.05, 0.1) is 0 Å². The number of hydrogen-bond donors (Lipinski definition) is 0. The molecule has 2 rings (SSSR count). The Morgan fingerprint density at radius 2 is 2.09 bits per heavy atom. The highest BCUT2D eigenvalue weighted by molar-refractivity contribution is 6.37. The Labute approximate surface area is 77.0 Å². The maximum Gasteiger partial charge on any atom is 0.377 e. The first-order valence-electron chi connectivity index (χ1n) is 4.19. The van der Waals surface area contributed by atoms with Gasteiger partial charge >= 0.3 is 20.4 Å². The van der Waals surface area contributed by atoms with Crippen LogP contribution >= 0.6 is 0 Å². The van der Waals surface area contributed by atoms with Gasteiger partial charge in [0.1, 0.15) is 0 Å². The average molecular weight is 154 g/mol. The van der Waals surface area contributed by atoms with E-state index in [2.05, 4.69) is 41.5 Å². The van der Waals surface area contributed by atoms with Crippen LogP contribution in [0, 0.1) is 0 Å². The van der Waals surface area contributed by atoms with Crippen LogP contribution in [0.1, 0.15) is 15.2 Å². The second-order valence-corrected chi connectivity index (χ2v) is 4.70. The van der Waals surface area contributed by atoms with Crippen LogP contribution in [-0.2, 0) is 0 Å². The van der Waals surface area contributed by atoms with Crippen molar-refractivity contribution in [2.45, 2.75) is 9.10 Å². The second-order valence-electron chi connectivity index (χ2n) is 3.00. The minimum Gasteiger partial charge on any atom is -0.155 e. The van der Waals surface area contributed by atoms with Crippen molar-refractivity contribution < 1.29 is 0 Å². The summed E-state index contributed by atoms with van der Waals surface area (Å²) in [5.41, 5.74) is 2.99. The molecule has 0 N–H and O–H groups in total. The van der Waals surface area contributed by atoms with Crippen LogP contribution in [0.15, 0.2) is 30.3 Å². The van der Waals surface area contributed by atoms with Crippen LogP contribution in [0.5, 0.6) is 0 Å². The lowest BCUT2D eigenvalue weighted by atomic mass is 10.1. The van der Waals surface area contributed by atoms with Crippen LogP contribution < -0.4 is 0 Å².